The Morgan fingerprint density at radius 3 is 2.53 bits per heavy atom. The Labute approximate surface area is 192 Å². The van der Waals surface area contributed by atoms with E-state index >= 15 is 0 Å². The number of ether oxygens (including phenoxy) is 1. The lowest BCUT2D eigenvalue weighted by atomic mass is 9.73. The van der Waals surface area contributed by atoms with Crippen molar-refractivity contribution in [1.29, 1.82) is 0 Å². The predicted octanol–water partition coefficient (Wildman–Crippen LogP) is 2.90. The SMILES string of the molecule is CC(C)C[C@@H]1NC(=O)C2(CCCCOCCCNC1=O)CCN(Cc1ccncc1)CC2. The molecule has 2 fully saturated rings. The molecule has 1 atom stereocenters. The number of likely N-dealkylation sites (tertiary alicyclic amines) is 1. The summed E-state index contributed by atoms with van der Waals surface area (Å²) in [7, 11) is 0. The minimum absolute atomic E-state index is 0.0554. The minimum atomic E-state index is -0.474. The number of carbonyl (C=O) groups excluding carboxylic acids is 2. The number of carbonyl (C=O) groups is 2. The molecule has 1 aromatic rings. The molecular weight excluding hydrogens is 404 g/mol. The number of piperidine rings is 1. The average Bonchev–Trinajstić information content (AvgIpc) is 2.78. The second kappa shape index (κ2) is 12.3. The smallest absolute Gasteiger partial charge is 0.242 e. The van der Waals surface area contributed by atoms with Gasteiger partial charge in [-0.15, -0.1) is 0 Å². The molecule has 2 saturated heterocycles. The van der Waals surface area contributed by atoms with Crippen LogP contribution in [0, 0.1) is 11.3 Å². The van der Waals surface area contributed by atoms with Crippen molar-refractivity contribution in [2.24, 2.45) is 11.3 Å². The molecule has 2 N–H and O–H groups in total. The van der Waals surface area contributed by atoms with E-state index in [0.29, 0.717) is 25.5 Å². The molecule has 1 spiro atoms. The van der Waals surface area contributed by atoms with Gasteiger partial charge in [-0.3, -0.25) is 19.5 Å². The summed E-state index contributed by atoms with van der Waals surface area (Å²) >= 11 is 0. The summed E-state index contributed by atoms with van der Waals surface area (Å²) in [6.45, 7) is 8.79. The summed E-state index contributed by atoms with van der Waals surface area (Å²) in [5.74, 6) is 0.306. The fraction of sp³-hybridized carbons (Fsp3) is 0.720. The quantitative estimate of drug-likeness (QED) is 0.746. The number of nitrogens with zero attached hydrogens (tertiary/aromatic N) is 2. The van der Waals surface area contributed by atoms with Crippen LogP contribution < -0.4 is 10.6 Å². The molecule has 3 heterocycles. The third kappa shape index (κ3) is 7.27. The van der Waals surface area contributed by atoms with Crippen LogP contribution in [0.4, 0.5) is 0 Å². The van der Waals surface area contributed by atoms with Gasteiger partial charge in [-0.1, -0.05) is 20.3 Å². The van der Waals surface area contributed by atoms with Crippen LogP contribution in [0.15, 0.2) is 24.5 Å². The highest BCUT2D eigenvalue weighted by Gasteiger charge is 2.42. The zero-order valence-corrected chi connectivity index (χ0v) is 19.8. The van der Waals surface area contributed by atoms with Gasteiger partial charge in [-0.2, -0.15) is 0 Å². The van der Waals surface area contributed by atoms with E-state index in [0.717, 1.165) is 64.8 Å². The normalized spacial score (nSPS) is 24.0. The molecule has 0 unspecified atom stereocenters. The van der Waals surface area contributed by atoms with E-state index in [2.05, 4.69) is 34.4 Å². The number of pyridine rings is 1. The van der Waals surface area contributed by atoms with E-state index < -0.39 is 11.5 Å². The van der Waals surface area contributed by atoms with Crippen LogP contribution in [0.1, 0.15) is 64.4 Å². The van der Waals surface area contributed by atoms with Crippen LogP contribution in [0.25, 0.3) is 0 Å². The number of amides is 2. The third-order valence-corrected chi connectivity index (χ3v) is 6.74. The maximum atomic E-state index is 13.6. The summed E-state index contributed by atoms with van der Waals surface area (Å²) < 4.78 is 5.73. The van der Waals surface area contributed by atoms with Gasteiger partial charge in [0.15, 0.2) is 0 Å². The summed E-state index contributed by atoms with van der Waals surface area (Å²) in [5.41, 5.74) is 0.839. The van der Waals surface area contributed by atoms with E-state index in [4.69, 9.17) is 4.74 Å². The highest BCUT2D eigenvalue weighted by molar-refractivity contribution is 5.90. The summed E-state index contributed by atoms with van der Waals surface area (Å²) in [6, 6.07) is 3.62. The van der Waals surface area contributed by atoms with Crippen molar-refractivity contribution in [3.05, 3.63) is 30.1 Å². The Morgan fingerprint density at radius 1 is 1.09 bits per heavy atom. The van der Waals surface area contributed by atoms with E-state index in [1.54, 1.807) is 0 Å². The molecule has 0 radical (unpaired) electrons. The van der Waals surface area contributed by atoms with E-state index in [1.165, 1.54) is 5.56 Å². The number of nitrogens with one attached hydrogen (secondary N) is 2. The Morgan fingerprint density at radius 2 is 1.81 bits per heavy atom. The zero-order chi connectivity index (χ0) is 22.8. The van der Waals surface area contributed by atoms with Crippen molar-refractivity contribution >= 4 is 11.8 Å². The first kappa shape index (κ1) is 24.6. The van der Waals surface area contributed by atoms with Gasteiger partial charge < -0.3 is 15.4 Å². The van der Waals surface area contributed by atoms with Crippen LogP contribution in [-0.4, -0.2) is 60.6 Å². The van der Waals surface area contributed by atoms with Crippen molar-refractivity contribution < 1.29 is 14.3 Å². The molecule has 7 heteroatoms. The van der Waals surface area contributed by atoms with Crippen molar-refractivity contribution in [1.82, 2.24) is 20.5 Å². The molecule has 2 aliphatic heterocycles. The monoisotopic (exact) mass is 444 g/mol. The fourth-order valence-electron chi connectivity index (χ4n) is 4.77. The van der Waals surface area contributed by atoms with Crippen molar-refractivity contribution in [2.45, 2.75) is 71.4 Å². The first-order chi connectivity index (χ1) is 15.5. The fourth-order valence-corrected chi connectivity index (χ4v) is 4.77. The molecule has 2 amide bonds. The maximum absolute atomic E-state index is 13.6. The molecule has 3 rings (SSSR count). The standard InChI is InChI=1S/C25H40N4O3/c1-20(2)18-22-23(30)27-11-5-17-32-16-4-3-8-25(24(31)28-22)9-14-29(15-10-25)19-21-6-12-26-13-7-21/h6-7,12-13,20,22H,3-5,8-11,14-19H2,1-2H3,(H,27,30)(H,28,31)/t22-/m0/s1. The average molecular weight is 445 g/mol. The second-order valence-corrected chi connectivity index (χ2v) is 9.78. The summed E-state index contributed by atoms with van der Waals surface area (Å²) in [4.78, 5) is 32.9. The van der Waals surface area contributed by atoms with E-state index in [-0.39, 0.29) is 11.8 Å². The Balaban J connectivity index is 1.69. The minimum Gasteiger partial charge on any atom is -0.381 e. The largest absolute Gasteiger partial charge is 0.381 e. The Kier molecular flexibility index (Phi) is 9.48. The molecule has 0 bridgehead atoms. The second-order valence-electron chi connectivity index (χ2n) is 9.78. The van der Waals surface area contributed by atoms with Crippen LogP contribution in [0.2, 0.25) is 0 Å². The van der Waals surface area contributed by atoms with Crippen molar-refractivity contribution in [2.75, 3.05) is 32.8 Å². The van der Waals surface area contributed by atoms with E-state index in [1.807, 2.05) is 24.5 Å². The number of hydrogen-bond acceptors (Lipinski definition) is 5. The molecule has 32 heavy (non-hydrogen) atoms. The first-order valence-electron chi connectivity index (χ1n) is 12.3. The van der Waals surface area contributed by atoms with Crippen LogP contribution in [0.5, 0.6) is 0 Å². The zero-order valence-electron chi connectivity index (χ0n) is 19.8. The van der Waals surface area contributed by atoms with Gasteiger partial charge in [0.05, 0.1) is 5.41 Å². The topological polar surface area (TPSA) is 83.6 Å². The lowest BCUT2D eigenvalue weighted by Crippen LogP contribution is -2.55. The third-order valence-electron chi connectivity index (χ3n) is 6.74. The Bertz CT molecular complexity index is 717. The number of aromatic nitrogens is 1. The van der Waals surface area contributed by atoms with Crippen LogP contribution >= 0.6 is 0 Å². The molecule has 2 aliphatic rings. The molecule has 7 nitrogen and oxygen atoms in total. The van der Waals surface area contributed by atoms with Crippen LogP contribution in [-0.2, 0) is 20.9 Å². The van der Waals surface area contributed by atoms with Gasteiger partial charge in [0, 0.05) is 38.7 Å². The maximum Gasteiger partial charge on any atom is 0.242 e. The molecule has 178 valence electrons. The van der Waals surface area contributed by atoms with Gasteiger partial charge in [0.1, 0.15) is 6.04 Å². The highest BCUT2D eigenvalue weighted by atomic mass is 16.5. The van der Waals surface area contributed by atoms with Gasteiger partial charge in [0.25, 0.3) is 0 Å². The predicted molar refractivity (Wildman–Crippen MR) is 125 cm³/mol. The first-order valence-corrected chi connectivity index (χ1v) is 12.3. The lowest BCUT2D eigenvalue weighted by Gasteiger charge is -2.41. The summed E-state index contributed by atoms with van der Waals surface area (Å²) in [6.07, 6.45) is 9.53. The number of hydrogen-bond donors (Lipinski definition) is 2. The van der Waals surface area contributed by atoms with E-state index in [9.17, 15) is 9.59 Å². The van der Waals surface area contributed by atoms with Gasteiger partial charge in [0.2, 0.25) is 11.8 Å². The molecule has 0 aromatic carbocycles. The van der Waals surface area contributed by atoms with Gasteiger partial charge >= 0.3 is 0 Å². The van der Waals surface area contributed by atoms with Crippen LogP contribution in [0.3, 0.4) is 0 Å². The number of rotatable bonds is 4. The molecule has 0 saturated carbocycles. The summed E-state index contributed by atoms with van der Waals surface area (Å²) in [5, 5.41) is 6.16. The van der Waals surface area contributed by atoms with Gasteiger partial charge in [-0.25, -0.2) is 0 Å². The van der Waals surface area contributed by atoms with Crippen molar-refractivity contribution in [3.63, 3.8) is 0 Å². The Hall–Kier alpha value is -1.99. The molecular formula is C25H40N4O3. The molecule has 1 aromatic heterocycles. The lowest BCUT2D eigenvalue weighted by molar-refractivity contribution is -0.138. The highest BCUT2D eigenvalue weighted by Crippen LogP contribution is 2.38. The van der Waals surface area contributed by atoms with Gasteiger partial charge in [-0.05, 0) is 75.2 Å². The molecule has 0 aliphatic carbocycles. The van der Waals surface area contributed by atoms with Crippen molar-refractivity contribution in [3.8, 4) is 0 Å².